The maximum absolute atomic E-state index is 10.5. The molecule has 0 aromatic heterocycles. The Morgan fingerprint density at radius 3 is 2.14 bits per heavy atom. The molecule has 1 unspecified atom stereocenters. The van der Waals surface area contributed by atoms with Gasteiger partial charge in [-0.15, -0.1) is 0 Å². The Hall–Kier alpha value is -0.193. The van der Waals surface area contributed by atoms with E-state index in [1.807, 2.05) is 0 Å². The fourth-order valence-corrected chi connectivity index (χ4v) is 1.68. The summed E-state index contributed by atoms with van der Waals surface area (Å²) in [6.45, 7) is 11.2. The van der Waals surface area contributed by atoms with Crippen LogP contribution in [-0.2, 0) is 14.0 Å². The maximum Gasteiger partial charge on any atom is 0.192 e. The van der Waals surface area contributed by atoms with Crippen molar-refractivity contribution >= 4 is 14.6 Å². The molecule has 0 heterocycles. The topological polar surface area (TPSA) is 35.5 Å². The molecule has 14 heavy (non-hydrogen) atoms. The van der Waals surface area contributed by atoms with Crippen LogP contribution in [0, 0.1) is 0 Å². The van der Waals surface area contributed by atoms with Crippen molar-refractivity contribution in [3.8, 4) is 0 Å². The predicted molar refractivity (Wildman–Crippen MR) is 60.0 cm³/mol. The first-order chi connectivity index (χ1) is 6.24. The Morgan fingerprint density at radius 2 is 1.86 bits per heavy atom. The molecule has 0 amide bonds. The van der Waals surface area contributed by atoms with Gasteiger partial charge >= 0.3 is 0 Å². The molecule has 4 heteroatoms. The Morgan fingerprint density at radius 1 is 1.36 bits per heavy atom. The lowest BCUT2D eigenvalue weighted by Crippen LogP contribution is -2.43. The number of hydrogen-bond donors (Lipinski definition) is 0. The van der Waals surface area contributed by atoms with E-state index in [9.17, 15) is 4.79 Å². The number of rotatable bonds is 5. The molecule has 84 valence electrons. The molecule has 0 saturated heterocycles. The second-order valence-corrected chi connectivity index (χ2v) is 9.79. The quantitative estimate of drug-likeness (QED) is 0.524. The van der Waals surface area contributed by atoms with Crippen LogP contribution in [0.25, 0.3) is 0 Å². The maximum atomic E-state index is 10.5. The van der Waals surface area contributed by atoms with Crippen molar-refractivity contribution in [2.75, 3.05) is 13.7 Å². The van der Waals surface area contributed by atoms with E-state index in [0.29, 0.717) is 6.61 Å². The van der Waals surface area contributed by atoms with Gasteiger partial charge in [0.1, 0.15) is 6.10 Å². The lowest BCUT2D eigenvalue weighted by atomic mass is 10.2. The molecule has 0 saturated carbocycles. The highest BCUT2D eigenvalue weighted by molar-refractivity contribution is 6.74. The first-order valence-corrected chi connectivity index (χ1v) is 7.77. The molecule has 0 spiro atoms. The van der Waals surface area contributed by atoms with Crippen molar-refractivity contribution in [3.05, 3.63) is 0 Å². The van der Waals surface area contributed by atoms with Crippen LogP contribution in [0.4, 0.5) is 0 Å². The van der Waals surface area contributed by atoms with E-state index in [-0.39, 0.29) is 5.04 Å². The first kappa shape index (κ1) is 13.8. The summed E-state index contributed by atoms with van der Waals surface area (Å²) in [6.07, 6.45) is 0.358. The van der Waals surface area contributed by atoms with Crippen LogP contribution >= 0.6 is 0 Å². The van der Waals surface area contributed by atoms with E-state index < -0.39 is 14.4 Å². The van der Waals surface area contributed by atoms with Crippen molar-refractivity contribution in [2.24, 2.45) is 0 Å². The van der Waals surface area contributed by atoms with Crippen LogP contribution in [-0.4, -0.2) is 34.4 Å². The van der Waals surface area contributed by atoms with Crippen molar-refractivity contribution in [3.63, 3.8) is 0 Å². The highest BCUT2D eigenvalue weighted by Gasteiger charge is 2.37. The molecule has 0 rings (SSSR count). The van der Waals surface area contributed by atoms with Gasteiger partial charge in [0.15, 0.2) is 14.6 Å². The summed E-state index contributed by atoms with van der Waals surface area (Å²) in [7, 11) is -0.217. The molecule has 0 aliphatic rings. The van der Waals surface area contributed by atoms with E-state index >= 15 is 0 Å². The van der Waals surface area contributed by atoms with E-state index in [0.717, 1.165) is 6.29 Å². The summed E-state index contributed by atoms with van der Waals surface area (Å²) in [4.78, 5) is 10.5. The molecule has 0 aromatic carbocycles. The molecule has 0 bridgehead atoms. The van der Waals surface area contributed by atoms with Crippen molar-refractivity contribution in [1.29, 1.82) is 0 Å². The zero-order valence-electron chi connectivity index (χ0n) is 10.1. The van der Waals surface area contributed by atoms with Gasteiger partial charge in [0, 0.05) is 7.11 Å². The molecule has 0 aromatic rings. The highest BCUT2D eigenvalue weighted by atomic mass is 28.4. The minimum absolute atomic E-state index is 0.175. The number of aldehydes is 1. The molecule has 0 radical (unpaired) electrons. The van der Waals surface area contributed by atoms with Crippen LogP contribution < -0.4 is 0 Å². The molecule has 0 aliphatic carbocycles. The summed E-state index contributed by atoms with van der Waals surface area (Å²) in [5.41, 5.74) is 0. The zero-order valence-corrected chi connectivity index (χ0v) is 11.1. The number of carbonyl (C=O) groups is 1. The number of carbonyl (C=O) groups excluding carboxylic acids is 1. The molecular formula is C10H22O3Si. The predicted octanol–water partition coefficient (Wildman–Crippen LogP) is 2.22. The van der Waals surface area contributed by atoms with Crippen molar-refractivity contribution in [2.45, 2.75) is 45.0 Å². The minimum Gasteiger partial charge on any atom is -0.414 e. The number of ether oxygens (including phenoxy) is 1. The Labute approximate surface area is 87.9 Å². The third-order valence-corrected chi connectivity index (χ3v) is 7.37. The Balaban J connectivity index is 4.18. The van der Waals surface area contributed by atoms with E-state index in [1.165, 1.54) is 7.11 Å². The lowest BCUT2D eigenvalue weighted by molar-refractivity contribution is -0.118. The molecular weight excluding hydrogens is 196 g/mol. The van der Waals surface area contributed by atoms with Gasteiger partial charge in [0.05, 0.1) is 6.61 Å². The fraction of sp³-hybridized carbons (Fsp3) is 0.900. The third-order valence-electron chi connectivity index (χ3n) is 2.87. The standard InChI is InChI=1S/C10H22O3Si/c1-10(2,3)14(5,6)13-8-9(7-11)12-4/h7,9H,8H2,1-6H3. The van der Waals surface area contributed by atoms with Gasteiger partial charge in [-0.05, 0) is 18.1 Å². The van der Waals surface area contributed by atoms with Gasteiger partial charge in [-0.2, -0.15) is 0 Å². The summed E-state index contributed by atoms with van der Waals surface area (Å²) in [5, 5.41) is 0.175. The summed E-state index contributed by atoms with van der Waals surface area (Å²) in [5.74, 6) is 0. The van der Waals surface area contributed by atoms with Gasteiger partial charge in [-0.25, -0.2) is 0 Å². The van der Waals surface area contributed by atoms with E-state index in [4.69, 9.17) is 9.16 Å². The smallest absolute Gasteiger partial charge is 0.192 e. The van der Waals surface area contributed by atoms with Gasteiger partial charge < -0.3 is 14.0 Å². The average Bonchev–Trinajstić information content (AvgIpc) is 2.04. The lowest BCUT2D eigenvalue weighted by Gasteiger charge is -2.36. The summed E-state index contributed by atoms with van der Waals surface area (Å²) < 4.78 is 10.8. The second-order valence-electron chi connectivity index (χ2n) is 4.98. The van der Waals surface area contributed by atoms with Crippen LogP contribution in [0.5, 0.6) is 0 Å². The third kappa shape index (κ3) is 3.90. The highest BCUT2D eigenvalue weighted by Crippen LogP contribution is 2.36. The van der Waals surface area contributed by atoms with Crippen molar-refractivity contribution < 1.29 is 14.0 Å². The number of methoxy groups -OCH3 is 1. The van der Waals surface area contributed by atoms with E-state index in [1.54, 1.807) is 0 Å². The van der Waals surface area contributed by atoms with E-state index in [2.05, 4.69) is 33.9 Å². The monoisotopic (exact) mass is 218 g/mol. The van der Waals surface area contributed by atoms with Crippen LogP contribution in [0.2, 0.25) is 18.1 Å². The second kappa shape index (κ2) is 5.05. The summed E-state index contributed by atoms with van der Waals surface area (Å²) in [6, 6.07) is 0. The van der Waals surface area contributed by atoms with Crippen LogP contribution in [0.3, 0.4) is 0 Å². The number of hydrogen-bond acceptors (Lipinski definition) is 3. The zero-order chi connectivity index (χ0) is 11.4. The molecule has 3 nitrogen and oxygen atoms in total. The van der Waals surface area contributed by atoms with Crippen molar-refractivity contribution in [1.82, 2.24) is 0 Å². The van der Waals surface area contributed by atoms with Gasteiger partial charge in [-0.3, -0.25) is 0 Å². The Bertz CT molecular complexity index is 184. The largest absolute Gasteiger partial charge is 0.414 e. The van der Waals surface area contributed by atoms with Gasteiger partial charge in [-0.1, -0.05) is 20.8 Å². The Kier molecular flexibility index (Phi) is 4.98. The summed E-state index contributed by atoms with van der Waals surface area (Å²) >= 11 is 0. The van der Waals surface area contributed by atoms with Gasteiger partial charge in [0.2, 0.25) is 0 Å². The van der Waals surface area contributed by atoms with Crippen LogP contribution in [0.15, 0.2) is 0 Å². The average molecular weight is 218 g/mol. The van der Waals surface area contributed by atoms with Crippen LogP contribution in [0.1, 0.15) is 20.8 Å². The fourth-order valence-electron chi connectivity index (χ4n) is 0.670. The molecule has 0 fully saturated rings. The van der Waals surface area contributed by atoms with Gasteiger partial charge in [0.25, 0.3) is 0 Å². The molecule has 1 atom stereocenters. The SMILES string of the molecule is COC(C=O)CO[Si](C)(C)C(C)(C)C. The molecule has 0 N–H and O–H groups in total. The first-order valence-electron chi connectivity index (χ1n) is 4.86. The molecule has 0 aliphatic heterocycles. The minimum atomic E-state index is -1.74. The normalized spacial score (nSPS) is 15.3.